The van der Waals surface area contributed by atoms with Gasteiger partial charge in [0.2, 0.25) is 0 Å². The third-order valence-corrected chi connectivity index (χ3v) is 3.79. The van der Waals surface area contributed by atoms with Crippen molar-refractivity contribution >= 4 is 5.57 Å². The maximum absolute atomic E-state index is 7.84. The molecule has 0 aromatic heterocycles. The smallest absolute Gasteiger partial charge is 0.177 e. The Bertz CT molecular complexity index is 1030. The van der Waals surface area contributed by atoms with E-state index in [0.29, 0.717) is 5.56 Å². The molecule has 2 aliphatic rings. The fourth-order valence-electron chi connectivity index (χ4n) is 2.70. The van der Waals surface area contributed by atoms with E-state index in [1.54, 1.807) is 29.7 Å². The van der Waals surface area contributed by atoms with Crippen LogP contribution in [-0.4, -0.2) is 4.57 Å². The number of nitrogens with zero attached hydrogens (tertiary/aromatic N) is 2. The largest absolute Gasteiger partial charge is 0.317 e. The van der Waals surface area contributed by atoms with Crippen molar-refractivity contribution in [1.29, 1.82) is 0 Å². The summed E-state index contributed by atoms with van der Waals surface area (Å²) in [5, 5.41) is 0. The molecule has 0 saturated carbocycles. The van der Waals surface area contributed by atoms with Gasteiger partial charge in [0, 0.05) is 40.9 Å². The topological polar surface area (TPSA) is 8.81 Å². The number of pyridine rings is 1. The van der Waals surface area contributed by atoms with E-state index in [1.807, 2.05) is 36.9 Å². The fourth-order valence-corrected chi connectivity index (χ4v) is 2.70. The number of benzene rings is 1. The summed E-state index contributed by atoms with van der Waals surface area (Å²) < 4.78 is 50.0. The Morgan fingerprint density at radius 2 is 2.17 bits per heavy atom. The molecule has 0 atom stereocenters. The summed E-state index contributed by atoms with van der Waals surface area (Å²) in [6.45, 7) is -1.09. The van der Waals surface area contributed by atoms with Crippen molar-refractivity contribution < 1.29 is 45.5 Å². The molecule has 2 heterocycles. The zero-order chi connectivity index (χ0) is 20.9. The zero-order valence-electron chi connectivity index (χ0n) is 19.4. The standard InChI is InChI=1S/C20H21N2.Y/c1-6-15(3)18-13-22(19-10-9-14(2)12-16(19)4)20-17(18)8-7-11-21(20)5;/h7-12H,1-5H3;/q-1;/i2D3,3D3;. The predicted molar refractivity (Wildman–Crippen MR) is 89.9 cm³/mol. The molecule has 0 saturated heterocycles. The minimum Gasteiger partial charge on any atom is -0.317 e. The number of rotatable bonds is 2. The van der Waals surface area contributed by atoms with Gasteiger partial charge in [0.05, 0.1) is 18.9 Å². The van der Waals surface area contributed by atoms with Crippen LogP contribution in [0.2, 0.25) is 0 Å². The second-order valence-electron chi connectivity index (χ2n) is 5.30. The van der Waals surface area contributed by atoms with E-state index >= 15 is 0 Å². The first-order valence-corrected chi connectivity index (χ1v) is 7.04. The van der Waals surface area contributed by atoms with Gasteiger partial charge in [-0.2, -0.15) is 0 Å². The second kappa shape index (κ2) is 7.11. The molecule has 115 valence electrons. The predicted octanol–water partition coefficient (Wildman–Crippen LogP) is 4.05. The Morgan fingerprint density at radius 3 is 2.83 bits per heavy atom. The van der Waals surface area contributed by atoms with Crippen molar-refractivity contribution in [3.8, 4) is 17.1 Å². The maximum Gasteiger partial charge on any atom is 0.177 e. The number of aryl methyl sites for hydroxylation is 3. The number of hydrogen-bond donors (Lipinski definition) is 0. The molecule has 2 aliphatic heterocycles. The van der Waals surface area contributed by atoms with E-state index in [-0.39, 0.29) is 43.8 Å². The minimum atomic E-state index is -2.32. The summed E-state index contributed by atoms with van der Waals surface area (Å²) in [5.41, 5.74) is 3.08. The van der Waals surface area contributed by atoms with E-state index in [9.17, 15) is 0 Å². The molecule has 0 N–H and O–H groups in total. The van der Waals surface area contributed by atoms with Gasteiger partial charge in [-0.15, -0.1) is 25.4 Å². The quantitative estimate of drug-likeness (QED) is 0.466. The summed E-state index contributed by atoms with van der Waals surface area (Å²) in [7, 11) is 1.87. The van der Waals surface area contributed by atoms with Crippen LogP contribution in [0.5, 0.6) is 0 Å². The van der Waals surface area contributed by atoms with Crippen molar-refractivity contribution in [1.82, 2.24) is 4.57 Å². The summed E-state index contributed by atoms with van der Waals surface area (Å²) in [4.78, 5) is 0. The Labute approximate surface area is 172 Å². The first kappa shape index (κ1) is 11.3. The molecule has 0 spiro atoms. The third-order valence-electron chi connectivity index (χ3n) is 3.79. The first-order chi connectivity index (χ1) is 12.9. The van der Waals surface area contributed by atoms with Gasteiger partial charge >= 0.3 is 0 Å². The average Bonchev–Trinajstić information content (AvgIpc) is 2.94. The van der Waals surface area contributed by atoms with Gasteiger partial charge in [-0.1, -0.05) is 17.7 Å². The molecule has 23 heavy (non-hydrogen) atoms. The minimum absolute atomic E-state index is 0. The van der Waals surface area contributed by atoms with Gasteiger partial charge in [-0.3, -0.25) is 10.1 Å². The Morgan fingerprint density at radius 1 is 1.35 bits per heavy atom. The summed E-state index contributed by atoms with van der Waals surface area (Å²) in [6.07, 6.45) is 7.88. The first-order valence-electron chi connectivity index (χ1n) is 10.0. The van der Waals surface area contributed by atoms with Crippen LogP contribution in [0.3, 0.4) is 0 Å². The molecule has 0 aliphatic carbocycles. The summed E-state index contributed by atoms with van der Waals surface area (Å²) in [6, 6.07) is 8.65. The van der Waals surface area contributed by atoms with Crippen LogP contribution in [0.4, 0.5) is 0 Å². The van der Waals surface area contributed by atoms with Crippen LogP contribution < -0.4 is 4.57 Å². The van der Waals surface area contributed by atoms with Crippen LogP contribution in [0, 0.1) is 26.0 Å². The van der Waals surface area contributed by atoms with Crippen LogP contribution in [0.1, 0.15) is 38.7 Å². The van der Waals surface area contributed by atoms with Crippen molar-refractivity contribution in [3.05, 3.63) is 65.5 Å². The van der Waals surface area contributed by atoms with Crippen LogP contribution in [-0.2, 0) is 39.8 Å². The van der Waals surface area contributed by atoms with Crippen molar-refractivity contribution in [2.45, 2.75) is 27.6 Å². The SMILES string of the molecule is [2H]C([2H])([2H])C(=[C-]C)c1[c-][n+](-c2ccc(C([2H])([2H])[2H])cc2C)c2n(C)cccc1-2.[Y]. The van der Waals surface area contributed by atoms with Gasteiger partial charge in [-0.25, -0.2) is 5.56 Å². The number of fused-ring (bicyclic) bond motifs is 1. The normalized spacial score (nSPS) is 16.6. The van der Waals surface area contributed by atoms with Crippen molar-refractivity contribution in [3.63, 3.8) is 0 Å². The van der Waals surface area contributed by atoms with Crippen molar-refractivity contribution in [2.75, 3.05) is 0 Å². The van der Waals surface area contributed by atoms with Crippen LogP contribution in [0.15, 0.2) is 36.5 Å². The molecule has 1 aromatic carbocycles. The number of aromatic nitrogens is 2. The van der Waals surface area contributed by atoms with E-state index in [2.05, 4.69) is 12.3 Å². The molecular weight excluding hydrogens is 357 g/mol. The Balaban J connectivity index is 0.00000300. The molecular formula is C20H21N2Y-. The summed E-state index contributed by atoms with van der Waals surface area (Å²) in [5.74, 6) is 0.763. The number of hydrogen-bond acceptors (Lipinski definition) is 0. The van der Waals surface area contributed by atoms with Gasteiger partial charge < -0.3 is 10.6 Å². The Kier molecular flexibility index (Phi) is 3.50. The zero-order valence-corrected chi connectivity index (χ0v) is 16.3. The molecule has 0 amide bonds. The molecule has 0 bridgehead atoms. The molecule has 1 aromatic rings. The van der Waals surface area contributed by atoms with Crippen molar-refractivity contribution in [2.24, 2.45) is 7.05 Å². The maximum atomic E-state index is 7.84. The molecule has 3 heteroatoms. The van der Waals surface area contributed by atoms with E-state index in [1.165, 1.54) is 0 Å². The van der Waals surface area contributed by atoms with Gasteiger partial charge in [0.25, 0.3) is 0 Å². The Hall–Kier alpha value is -1.25. The molecule has 0 unspecified atom stereocenters. The average molecular weight is 384 g/mol. The van der Waals surface area contributed by atoms with E-state index in [4.69, 9.17) is 8.22 Å². The number of allylic oxidation sites excluding steroid dienone is 2. The van der Waals surface area contributed by atoms with Crippen LogP contribution >= 0.6 is 0 Å². The van der Waals surface area contributed by atoms with E-state index < -0.39 is 13.7 Å². The fraction of sp³-hybridized carbons (Fsp3) is 0.250. The van der Waals surface area contributed by atoms with Crippen LogP contribution in [0.25, 0.3) is 22.6 Å². The van der Waals surface area contributed by atoms with Gasteiger partial charge in [0.1, 0.15) is 0 Å². The molecule has 3 rings (SSSR count). The van der Waals surface area contributed by atoms with E-state index in [0.717, 1.165) is 22.6 Å². The molecule has 1 radical (unpaired) electrons. The monoisotopic (exact) mass is 384 g/mol. The molecule has 0 fully saturated rings. The van der Waals surface area contributed by atoms with Gasteiger partial charge in [0.15, 0.2) is 5.82 Å². The molecule has 2 nitrogen and oxygen atoms in total. The third kappa shape index (κ3) is 3.20. The summed E-state index contributed by atoms with van der Waals surface area (Å²) >= 11 is 0. The second-order valence-corrected chi connectivity index (χ2v) is 5.30. The van der Waals surface area contributed by atoms with Gasteiger partial charge in [-0.05, 0) is 37.7 Å².